The van der Waals surface area contributed by atoms with E-state index < -0.39 is 0 Å². The number of carbonyl (C=O) groups excluding carboxylic acids is 1. The molecule has 0 aliphatic carbocycles. The summed E-state index contributed by atoms with van der Waals surface area (Å²) >= 11 is 1.69. The number of aromatic nitrogens is 1. The largest absolute Gasteiger partial charge is 0.326 e. The predicted octanol–water partition coefficient (Wildman–Crippen LogP) is 3.91. The van der Waals surface area contributed by atoms with Gasteiger partial charge in [0.15, 0.2) is 0 Å². The van der Waals surface area contributed by atoms with Crippen molar-refractivity contribution in [1.82, 2.24) is 9.88 Å². The molecule has 1 N–H and O–H groups in total. The maximum atomic E-state index is 11.7. The van der Waals surface area contributed by atoms with E-state index in [9.17, 15) is 4.79 Å². The first-order valence-electron chi connectivity index (χ1n) is 8.08. The fraction of sp³-hybridized carbons (Fsp3) is 0.263. The quantitative estimate of drug-likeness (QED) is 0.771. The molecule has 1 aromatic heterocycles. The standard InChI is InChI=1S/C19H19N3OS/c1-12(23)20-16-8-7-13-11-22(2)10-9-14(13)18(16)19-21-15-5-3-4-6-17(15)24-19/h3-8H,9-11H2,1-2H3,(H,20,23). The summed E-state index contributed by atoms with van der Waals surface area (Å²) in [6.45, 7) is 3.51. The lowest BCUT2D eigenvalue weighted by atomic mass is 9.93. The lowest BCUT2D eigenvalue weighted by Crippen LogP contribution is -2.27. The van der Waals surface area contributed by atoms with Crippen LogP contribution in [0.25, 0.3) is 20.8 Å². The fourth-order valence-electron chi connectivity index (χ4n) is 3.31. The molecule has 0 radical (unpaired) electrons. The molecule has 122 valence electrons. The molecule has 1 aliphatic rings. The lowest BCUT2D eigenvalue weighted by molar-refractivity contribution is -0.114. The van der Waals surface area contributed by atoms with Crippen molar-refractivity contribution in [3.63, 3.8) is 0 Å². The Morgan fingerprint density at radius 3 is 2.88 bits per heavy atom. The van der Waals surface area contributed by atoms with Crippen LogP contribution in [0.4, 0.5) is 5.69 Å². The highest BCUT2D eigenvalue weighted by Crippen LogP contribution is 2.40. The Morgan fingerprint density at radius 2 is 2.08 bits per heavy atom. The Kier molecular flexibility index (Phi) is 3.82. The normalized spacial score (nSPS) is 14.6. The van der Waals surface area contributed by atoms with Gasteiger partial charge in [0.1, 0.15) is 5.01 Å². The highest BCUT2D eigenvalue weighted by Gasteiger charge is 2.22. The molecule has 0 saturated heterocycles. The third kappa shape index (κ3) is 2.70. The van der Waals surface area contributed by atoms with Gasteiger partial charge in [0, 0.05) is 25.6 Å². The highest BCUT2D eigenvalue weighted by molar-refractivity contribution is 7.21. The molecular weight excluding hydrogens is 318 g/mol. The molecule has 5 heteroatoms. The maximum absolute atomic E-state index is 11.7. The van der Waals surface area contributed by atoms with Crippen LogP contribution in [0.2, 0.25) is 0 Å². The summed E-state index contributed by atoms with van der Waals surface area (Å²) in [6, 6.07) is 12.3. The molecule has 1 aliphatic heterocycles. The SMILES string of the molecule is CC(=O)Nc1ccc2c(c1-c1nc3ccccc3s1)CCN(C)C2. The number of hydrogen-bond acceptors (Lipinski definition) is 4. The van der Waals surface area contributed by atoms with Crippen LogP contribution in [-0.4, -0.2) is 29.4 Å². The Balaban J connectivity index is 1.93. The first kappa shape index (κ1) is 15.3. The van der Waals surface area contributed by atoms with Gasteiger partial charge in [-0.15, -0.1) is 11.3 Å². The van der Waals surface area contributed by atoms with Crippen LogP contribution in [-0.2, 0) is 17.8 Å². The van der Waals surface area contributed by atoms with Crippen LogP contribution in [0.1, 0.15) is 18.1 Å². The van der Waals surface area contributed by atoms with Crippen LogP contribution in [0, 0.1) is 0 Å². The fourth-order valence-corrected chi connectivity index (χ4v) is 4.37. The number of benzene rings is 2. The Hall–Kier alpha value is -2.24. The average molecular weight is 337 g/mol. The summed E-state index contributed by atoms with van der Waals surface area (Å²) in [5, 5.41) is 3.98. The van der Waals surface area contributed by atoms with Crippen LogP contribution in [0.5, 0.6) is 0 Å². The second-order valence-electron chi connectivity index (χ2n) is 6.28. The third-order valence-electron chi connectivity index (χ3n) is 4.41. The lowest BCUT2D eigenvalue weighted by Gasteiger charge is -2.27. The van der Waals surface area contributed by atoms with Crippen molar-refractivity contribution in [3.05, 3.63) is 47.5 Å². The zero-order chi connectivity index (χ0) is 16.7. The molecule has 0 saturated carbocycles. The van der Waals surface area contributed by atoms with E-state index in [2.05, 4.69) is 29.4 Å². The van der Waals surface area contributed by atoms with E-state index in [1.807, 2.05) is 24.3 Å². The zero-order valence-corrected chi connectivity index (χ0v) is 14.6. The molecule has 0 unspecified atom stereocenters. The number of likely N-dealkylation sites (N-methyl/N-ethyl adjacent to an activating group) is 1. The molecule has 4 rings (SSSR count). The number of fused-ring (bicyclic) bond motifs is 2. The number of nitrogens with one attached hydrogen (secondary N) is 1. The highest BCUT2D eigenvalue weighted by atomic mass is 32.1. The summed E-state index contributed by atoms with van der Waals surface area (Å²) in [5.74, 6) is -0.0507. The van der Waals surface area contributed by atoms with Gasteiger partial charge in [-0.1, -0.05) is 18.2 Å². The molecule has 1 amide bonds. The van der Waals surface area contributed by atoms with Gasteiger partial charge < -0.3 is 10.2 Å². The first-order chi connectivity index (χ1) is 11.6. The topological polar surface area (TPSA) is 45.2 Å². The van der Waals surface area contributed by atoms with Gasteiger partial charge >= 0.3 is 0 Å². The Labute approximate surface area is 145 Å². The van der Waals surface area contributed by atoms with Crippen LogP contribution < -0.4 is 5.32 Å². The zero-order valence-electron chi connectivity index (χ0n) is 13.8. The minimum absolute atomic E-state index is 0.0507. The number of anilines is 1. The Bertz CT molecular complexity index is 899. The van der Waals surface area contributed by atoms with E-state index in [1.165, 1.54) is 15.8 Å². The van der Waals surface area contributed by atoms with Crippen molar-refractivity contribution in [2.45, 2.75) is 19.9 Å². The molecule has 3 aromatic rings. The van der Waals surface area contributed by atoms with Crippen LogP contribution in [0.15, 0.2) is 36.4 Å². The number of hydrogen-bond donors (Lipinski definition) is 1. The molecule has 0 atom stereocenters. The minimum atomic E-state index is -0.0507. The summed E-state index contributed by atoms with van der Waals surface area (Å²) in [5.41, 5.74) is 5.61. The van der Waals surface area contributed by atoms with Crippen LogP contribution in [0.3, 0.4) is 0 Å². The first-order valence-corrected chi connectivity index (χ1v) is 8.90. The van der Waals surface area contributed by atoms with Gasteiger partial charge in [-0.05, 0) is 42.8 Å². The van der Waals surface area contributed by atoms with Gasteiger partial charge in [-0.25, -0.2) is 4.98 Å². The molecule has 2 heterocycles. The van der Waals surface area contributed by atoms with Crippen molar-refractivity contribution >= 4 is 33.1 Å². The van der Waals surface area contributed by atoms with Gasteiger partial charge in [-0.2, -0.15) is 0 Å². The van der Waals surface area contributed by atoms with Crippen molar-refractivity contribution in [3.8, 4) is 10.6 Å². The van der Waals surface area contributed by atoms with E-state index in [0.717, 1.165) is 41.3 Å². The van der Waals surface area contributed by atoms with Gasteiger partial charge in [-0.3, -0.25) is 4.79 Å². The van der Waals surface area contributed by atoms with E-state index in [4.69, 9.17) is 4.98 Å². The van der Waals surface area contributed by atoms with Gasteiger partial charge in [0.25, 0.3) is 0 Å². The summed E-state index contributed by atoms with van der Waals surface area (Å²) < 4.78 is 1.17. The minimum Gasteiger partial charge on any atom is -0.326 e. The molecular formula is C19H19N3OS. The summed E-state index contributed by atoms with van der Waals surface area (Å²) in [6.07, 6.45) is 0.977. The van der Waals surface area contributed by atoms with Crippen molar-refractivity contribution in [1.29, 1.82) is 0 Å². The second-order valence-corrected chi connectivity index (χ2v) is 7.31. The molecule has 0 fully saturated rings. The summed E-state index contributed by atoms with van der Waals surface area (Å²) in [4.78, 5) is 18.8. The maximum Gasteiger partial charge on any atom is 0.221 e. The molecule has 0 bridgehead atoms. The van der Waals surface area contributed by atoms with Crippen molar-refractivity contribution in [2.75, 3.05) is 18.9 Å². The van der Waals surface area contributed by atoms with E-state index in [1.54, 1.807) is 18.3 Å². The molecule has 4 nitrogen and oxygen atoms in total. The van der Waals surface area contributed by atoms with Crippen molar-refractivity contribution in [2.24, 2.45) is 0 Å². The molecule has 0 spiro atoms. The average Bonchev–Trinajstić information content (AvgIpc) is 2.97. The van der Waals surface area contributed by atoms with E-state index >= 15 is 0 Å². The number of para-hydroxylation sites is 1. The molecule has 24 heavy (non-hydrogen) atoms. The van der Waals surface area contributed by atoms with E-state index in [-0.39, 0.29) is 5.91 Å². The van der Waals surface area contributed by atoms with Crippen LogP contribution >= 0.6 is 11.3 Å². The monoisotopic (exact) mass is 337 g/mol. The third-order valence-corrected chi connectivity index (χ3v) is 5.47. The van der Waals surface area contributed by atoms with Gasteiger partial charge in [0.05, 0.1) is 15.9 Å². The Morgan fingerprint density at radius 1 is 1.25 bits per heavy atom. The number of nitrogens with zero attached hydrogens (tertiary/aromatic N) is 2. The van der Waals surface area contributed by atoms with E-state index in [0.29, 0.717) is 0 Å². The van der Waals surface area contributed by atoms with Crippen molar-refractivity contribution < 1.29 is 4.79 Å². The second kappa shape index (κ2) is 6.00. The number of thiazole rings is 1. The number of carbonyl (C=O) groups is 1. The van der Waals surface area contributed by atoms with Gasteiger partial charge in [0.2, 0.25) is 5.91 Å². The molecule has 2 aromatic carbocycles. The smallest absolute Gasteiger partial charge is 0.221 e. The predicted molar refractivity (Wildman–Crippen MR) is 99.4 cm³/mol. The number of amides is 1. The number of rotatable bonds is 2. The summed E-state index contributed by atoms with van der Waals surface area (Å²) in [7, 11) is 2.14.